The molecule has 0 radical (unpaired) electrons. The van der Waals surface area contributed by atoms with E-state index in [9.17, 15) is 9.59 Å². The average molecular weight is 527 g/mol. The molecule has 1 aliphatic heterocycles. The van der Waals surface area contributed by atoms with Crippen molar-refractivity contribution in [1.82, 2.24) is 4.57 Å². The number of thiazole rings is 1. The minimum atomic E-state index is -0.767. The Morgan fingerprint density at radius 1 is 1.22 bits per heavy atom. The third-order valence-corrected chi connectivity index (χ3v) is 6.78. The fraction of sp³-hybridized carbons (Fsp3) is 0.296. The first-order chi connectivity index (χ1) is 17.2. The van der Waals surface area contributed by atoms with Gasteiger partial charge in [0.1, 0.15) is 17.5 Å². The largest absolute Gasteiger partial charge is 0.493 e. The molecule has 7 nitrogen and oxygen atoms in total. The van der Waals surface area contributed by atoms with Gasteiger partial charge in [-0.2, -0.15) is 0 Å². The molecule has 0 N–H and O–H groups in total. The number of halogens is 1. The standard InChI is InChI=1S/C27H27ClN2O5S/c1-6-34-20-12-11-18(28)13-17(20)14-22-25(31)30-24(19-9-7-8-10-21(19)35-15(2)3)23(26(32)33-5)16(4)29-27(30)36-22/h7-15,24H,6H2,1-5H3/b22-14-. The van der Waals surface area contributed by atoms with Crippen molar-refractivity contribution in [3.63, 3.8) is 0 Å². The number of esters is 1. The van der Waals surface area contributed by atoms with Crippen molar-refractivity contribution in [3.05, 3.63) is 89.6 Å². The molecule has 0 saturated heterocycles. The summed E-state index contributed by atoms with van der Waals surface area (Å²) in [6.45, 7) is 7.95. The van der Waals surface area contributed by atoms with Gasteiger partial charge in [0.15, 0.2) is 4.80 Å². The van der Waals surface area contributed by atoms with Gasteiger partial charge in [-0.3, -0.25) is 9.36 Å². The Balaban J connectivity index is 2.00. The number of para-hydroxylation sites is 1. The molecule has 1 unspecified atom stereocenters. The number of rotatable bonds is 7. The van der Waals surface area contributed by atoms with Crippen molar-refractivity contribution < 1.29 is 19.0 Å². The maximum atomic E-state index is 13.8. The van der Waals surface area contributed by atoms with Crippen molar-refractivity contribution in [2.75, 3.05) is 13.7 Å². The van der Waals surface area contributed by atoms with Gasteiger partial charge in [0.05, 0.1) is 35.6 Å². The first kappa shape index (κ1) is 25.7. The summed E-state index contributed by atoms with van der Waals surface area (Å²) >= 11 is 7.46. The van der Waals surface area contributed by atoms with Crippen molar-refractivity contribution in [2.24, 2.45) is 4.99 Å². The van der Waals surface area contributed by atoms with Gasteiger partial charge in [0.25, 0.3) is 5.56 Å². The van der Waals surface area contributed by atoms with Gasteiger partial charge in [-0.1, -0.05) is 41.1 Å². The normalized spacial score (nSPS) is 15.5. The fourth-order valence-corrected chi connectivity index (χ4v) is 5.33. The molecule has 0 spiro atoms. The van der Waals surface area contributed by atoms with E-state index in [0.717, 1.165) is 0 Å². The second-order valence-electron chi connectivity index (χ2n) is 8.39. The molecule has 36 heavy (non-hydrogen) atoms. The van der Waals surface area contributed by atoms with Crippen LogP contribution in [0.4, 0.5) is 0 Å². The maximum absolute atomic E-state index is 13.8. The zero-order chi connectivity index (χ0) is 26.0. The summed E-state index contributed by atoms with van der Waals surface area (Å²) in [7, 11) is 1.32. The maximum Gasteiger partial charge on any atom is 0.338 e. The molecule has 2 heterocycles. The zero-order valence-corrected chi connectivity index (χ0v) is 22.3. The summed E-state index contributed by atoms with van der Waals surface area (Å²) in [5, 5.41) is 0.527. The van der Waals surface area contributed by atoms with E-state index in [-0.39, 0.29) is 17.2 Å². The molecule has 0 saturated carbocycles. The van der Waals surface area contributed by atoms with Gasteiger partial charge in [0, 0.05) is 16.1 Å². The lowest BCUT2D eigenvalue weighted by Crippen LogP contribution is -2.40. The van der Waals surface area contributed by atoms with Gasteiger partial charge in [-0.25, -0.2) is 9.79 Å². The summed E-state index contributed by atoms with van der Waals surface area (Å²) in [6, 6.07) is 11.9. The van der Waals surface area contributed by atoms with Crippen LogP contribution >= 0.6 is 22.9 Å². The van der Waals surface area contributed by atoms with Crippen LogP contribution in [0.25, 0.3) is 6.08 Å². The predicted octanol–water partition coefficient (Wildman–Crippen LogP) is 4.25. The van der Waals surface area contributed by atoms with Crippen molar-refractivity contribution >= 4 is 35.0 Å². The summed E-state index contributed by atoms with van der Waals surface area (Å²) in [5.74, 6) is 0.645. The van der Waals surface area contributed by atoms with Crippen LogP contribution in [0.15, 0.2) is 63.5 Å². The quantitative estimate of drug-likeness (QED) is 0.430. The molecule has 0 amide bonds. The van der Waals surface area contributed by atoms with Crippen LogP contribution < -0.4 is 24.4 Å². The van der Waals surface area contributed by atoms with E-state index in [1.807, 2.05) is 45.0 Å². The van der Waals surface area contributed by atoms with E-state index in [1.165, 1.54) is 23.0 Å². The summed E-state index contributed by atoms with van der Waals surface area (Å²) < 4.78 is 18.8. The molecule has 0 aliphatic carbocycles. The number of carbonyl (C=O) groups is 1. The summed E-state index contributed by atoms with van der Waals surface area (Å²) in [6.07, 6.45) is 1.64. The number of hydrogen-bond acceptors (Lipinski definition) is 7. The minimum absolute atomic E-state index is 0.103. The van der Waals surface area contributed by atoms with Crippen LogP contribution in [0.2, 0.25) is 5.02 Å². The van der Waals surface area contributed by atoms with Crippen LogP contribution in [0.3, 0.4) is 0 Å². The van der Waals surface area contributed by atoms with E-state index < -0.39 is 12.0 Å². The molecule has 4 rings (SSSR count). The summed E-state index contributed by atoms with van der Waals surface area (Å²) in [5.41, 5.74) is 1.83. The number of benzene rings is 2. The van der Waals surface area contributed by atoms with Gasteiger partial charge < -0.3 is 14.2 Å². The molecule has 1 aromatic heterocycles. The highest BCUT2D eigenvalue weighted by atomic mass is 35.5. The predicted molar refractivity (Wildman–Crippen MR) is 141 cm³/mol. The van der Waals surface area contributed by atoms with Gasteiger partial charge in [-0.05, 0) is 58.0 Å². The van der Waals surface area contributed by atoms with Crippen LogP contribution in [0.1, 0.15) is 44.9 Å². The SMILES string of the molecule is CCOc1ccc(Cl)cc1/C=c1\sc2n(c1=O)C(c1ccccc1OC(C)C)C(C(=O)OC)=C(C)N=2. The summed E-state index contributed by atoms with van der Waals surface area (Å²) in [4.78, 5) is 31.9. The fourth-order valence-electron chi connectivity index (χ4n) is 4.11. The van der Waals surface area contributed by atoms with E-state index in [4.69, 9.17) is 25.8 Å². The van der Waals surface area contributed by atoms with Crippen LogP contribution in [-0.2, 0) is 9.53 Å². The van der Waals surface area contributed by atoms with E-state index in [1.54, 1.807) is 31.2 Å². The average Bonchev–Trinajstić information content (AvgIpc) is 3.14. The Labute approximate surface area is 217 Å². The number of nitrogens with zero attached hydrogens (tertiary/aromatic N) is 2. The van der Waals surface area contributed by atoms with Crippen LogP contribution in [0, 0.1) is 0 Å². The Morgan fingerprint density at radius 3 is 2.67 bits per heavy atom. The zero-order valence-electron chi connectivity index (χ0n) is 20.7. The molecule has 1 aliphatic rings. The monoisotopic (exact) mass is 526 g/mol. The molecule has 0 fully saturated rings. The van der Waals surface area contributed by atoms with Gasteiger partial charge in [0.2, 0.25) is 0 Å². The molecule has 3 aromatic rings. The van der Waals surface area contributed by atoms with E-state index in [0.29, 0.717) is 49.3 Å². The Bertz CT molecular complexity index is 1520. The van der Waals surface area contributed by atoms with Crippen LogP contribution in [0.5, 0.6) is 11.5 Å². The number of allylic oxidation sites excluding steroid dienone is 1. The van der Waals surface area contributed by atoms with Gasteiger partial charge >= 0.3 is 5.97 Å². The number of hydrogen-bond donors (Lipinski definition) is 0. The molecule has 188 valence electrons. The lowest BCUT2D eigenvalue weighted by Gasteiger charge is -2.26. The third-order valence-electron chi connectivity index (χ3n) is 5.56. The Morgan fingerprint density at radius 2 is 1.97 bits per heavy atom. The van der Waals surface area contributed by atoms with Gasteiger partial charge in [-0.15, -0.1) is 0 Å². The number of carbonyl (C=O) groups excluding carboxylic acids is 1. The second-order valence-corrected chi connectivity index (χ2v) is 9.84. The molecular formula is C27H27ClN2O5S. The number of ether oxygens (including phenoxy) is 3. The van der Waals surface area contributed by atoms with Crippen molar-refractivity contribution in [1.29, 1.82) is 0 Å². The topological polar surface area (TPSA) is 79.1 Å². The first-order valence-electron chi connectivity index (χ1n) is 11.5. The number of methoxy groups -OCH3 is 1. The molecule has 1 atom stereocenters. The number of aromatic nitrogens is 1. The van der Waals surface area contributed by atoms with Crippen molar-refractivity contribution in [3.8, 4) is 11.5 Å². The smallest absolute Gasteiger partial charge is 0.338 e. The number of fused-ring (bicyclic) bond motifs is 1. The van der Waals surface area contributed by atoms with E-state index >= 15 is 0 Å². The first-order valence-corrected chi connectivity index (χ1v) is 12.7. The lowest BCUT2D eigenvalue weighted by molar-refractivity contribution is -0.136. The highest BCUT2D eigenvalue weighted by molar-refractivity contribution is 7.07. The minimum Gasteiger partial charge on any atom is -0.493 e. The van der Waals surface area contributed by atoms with Crippen molar-refractivity contribution in [2.45, 2.75) is 39.8 Å². The molecular weight excluding hydrogens is 500 g/mol. The Kier molecular flexibility index (Phi) is 7.66. The Hall–Kier alpha value is -3.36. The van der Waals surface area contributed by atoms with E-state index in [2.05, 4.69) is 4.99 Å². The highest BCUT2D eigenvalue weighted by Crippen LogP contribution is 2.36. The highest BCUT2D eigenvalue weighted by Gasteiger charge is 2.35. The second kappa shape index (κ2) is 10.7. The third kappa shape index (κ3) is 4.96. The molecule has 9 heteroatoms. The lowest BCUT2D eigenvalue weighted by atomic mass is 9.95. The molecule has 2 aromatic carbocycles. The van der Waals surface area contributed by atoms with Crippen LogP contribution in [-0.4, -0.2) is 30.4 Å². The molecule has 0 bridgehead atoms.